The molecule has 0 radical (unpaired) electrons. The van der Waals surface area contributed by atoms with Gasteiger partial charge in [-0.3, -0.25) is 4.79 Å². The fourth-order valence-electron chi connectivity index (χ4n) is 2.98. The molecule has 1 atom stereocenters. The zero-order chi connectivity index (χ0) is 19.1. The first-order valence-corrected chi connectivity index (χ1v) is 9.39. The van der Waals surface area contributed by atoms with Gasteiger partial charge in [0.25, 0.3) is 0 Å². The van der Waals surface area contributed by atoms with Crippen molar-refractivity contribution in [1.29, 1.82) is 0 Å². The molecule has 1 amide bonds. The van der Waals surface area contributed by atoms with Gasteiger partial charge in [-0.25, -0.2) is 0 Å². The highest BCUT2D eigenvalue weighted by Gasteiger charge is 2.17. The average molecular weight is 379 g/mol. The van der Waals surface area contributed by atoms with Crippen molar-refractivity contribution in [3.8, 4) is 0 Å². The first-order chi connectivity index (χ1) is 13.1. The highest BCUT2D eigenvalue weighted by molar-refractivity contribution is 6.30. The van der Waals surface area contributed by atoms with E-state index in [1.165, 1.54) is 0 Å². The Labute approximate surface area is 165 Å². The molecule has 4 heteroatoms. The molecule has 0 unspecified atom stereocenters. The standard InChI is InChI=1S/C23H23ClN2O/c1-17(18-12-14-21(24)15-13-18)25-16-22(27)26-23(19-8-4-2-5-9-19)20-10-6-3-7-11-20/h2-15,17,23,25H,16H2,1H3,(H,26,27)/t17-/m0/s1. The van der Waals surface area contributed by atoms with Crippen molar-refractivity contribution in [3.63, 3.8) is 0 Å². The minimum Gasteiger partial charge on any atom is -0.344 e. The summed E-state index contributed by atoms with van der Waals surface area (Å²) in [5.74, 6) is -0.0477. The molecule has 0 spiro atoms. The summed E-state index contributed by atoms with van der Waals surface area (Å²) in [5, 5.41) is 7.12. The Hall–Kier alpha value is -2.62. The van der Waals surface area contributed by atoms with Gasteiger partial charge in [-0.15, -0.1) is 0 Å². The van der Waals surface area contributed by atoms with Gasteiger partial charge in [0.15, 0.2) is 0 Å². The number of halogens is 1. The van der Waals surface area contributed by atoms with E-state index in [2.05, 4.69) is 10.6 Å². The van der Waals surface area contributed by atoms with E-state index in [0.29, 0.717) is 5.02 Å². The molecule has 0 heterocycles. The number of carbonyl (C=O) groups is 1. The summed E-state index contributed by atoms with van der Waals surface area (Å²) in [6, 6.07) is 27.5. The van der Waals surface area contributed by atoms with Gasteiger partial charge in [-0.05, 0) is 35.7 Å². The second-order valence-corrected chi connectivity index (χ2v) is 6.91. The number of benzene rings is 3. The van der Waals surface area contributed by atoms with E-state index in [-0.39, 0.29) is 24.5 Å². The number of hydrogen-bond acceptors (Lipinski definition) is 2. The highest BCUT2D eigenvalue weighted by atomic mass is 35.5. The molecule has 27 heavy (non-hydrogen) atoms. The third kappa shape index (κ3) is 5.43. The smallest absolute Gasteiger partial charge is 0.234 e. The van der Waals surface area contributed by atoms with Crippen LogP contribution in [0.2, 0.25) is 5.02 Å². The van der Waals surface area contributed by atoms with E-state index in [0.717, 1.165) is 16.7 Å². The van der Waals surface area contributed by atoms with Gasteiger partial charge >= 0.3 is 0 Å². The SMILES string of the molecule is C[C@H](NCC(=O)NC(c1ccccc1)c1ccccc1)c1ccc(Cl)cc1. The number of rotatable bonds is 7. The third-order valence-electron chi connectivity index (χ3n) is 4.51. The maximum absolute atomic E-state index is 12.6. The normalized spacial score (nSPS) is 12.0. The molecule has 3 nitrogen and oxygen atoms in total. The molecule has 3 rings (SSSR count). The molecular formula is C23H23ClN2O. The van der Waals surface area contributed by atoms with E-state index in [1.54, 1.807) is 0 Å². The lowest BCUT2D eigenvalue weighted by molar-refractivity contribution is -0.120. The van der Waals surface area contributed by atoms with Crippen LogP contribution in [-0.4, -0.2) is 12.5 Å². The van der Waals surface area contributed by atoms with E-state index in [4.69, 9.17) is 11.6 Å². The van der Waals surface area contributed by atoms with Crippen molar-refractivity contribution in [2.45, 2.75) is 19.0 Å². The van der Waals surface area contributed by atoms with Crippen LogP contribution in [0.5, 0.6) is 0 Å². The largest absolute Gasteiger partial charge is 0.344 e. The Balaban J connectivity index is 1.65. The van der Waals surface area contributed by atoms with Gasteiger partial charge in [0.2, 0.25) is 5.91 Å². The zero-order valence-electron chi connectivity index (χ0n) is 15.2. The van der Waals surface area contributed by atoms with Crippen LogP contribution in [0.4, 0.5) is 0 Å². The van der Waals surface area contributed by atoms with E-state index < -0.39 is 0 Å². The molecule has 0 bridgehead atoms. The maximum Gasteiger partial charge on any atom is 0.234 e. The third-order valence-corrected chi connectivity index (χ3v) is 4.76. The quantitative estimate of drug-likeness (QED) is 0.614. The fourth-order valence-corrected chi connectivity index (χ4v) is 3.10. The molecule has 0 aromatic heterocycles. The van der Waals surface area contributed by atoms with Gasteiger partial charge in [-0.2, -0.15) is 0 Å². The molecule has 138 valence electrons. The van der Waals surface area contributed by atoms with Crippen molar-refractivity contribution < 1.29 is 4.79 Å². The lowest BCUT2D eigenvalue weighted by Gasteiger charge is -2.21. The fraction of sp³-hybridized carbons (Fsp3) is 0.174. The van der Waals surface area contributed by atoms with Crippen molar-refractivity contribution >= 4 is 17.5 Å². The maximum atomic E-state index is 12.6. The van der Waals surface area contributed by atoms with Crippen LogP contribution >= 0.6 is 11.6 Å². The molecule has 3 aromatic carbocycles. The zero-order valence-corrected chi connectivity index (χ0v) is 16.0. The molecule has 3 aromatic rings. The van der Waals surface area contributed by atoms with Gasteiger partial charge in [0, 0.05) is 11.1 Å². The van der Waals surface area contributed by atoms with E-state index in [1.807, 2.05) is 91.9 Å². The Kier molecular flexibility index (Phi) is 6.64. The summed E-state index contributed by atoms with van der Waals surface area (Å²) in [7, 11) is 0. The van der Waals surface area contributed by atoms with Crippen LogP contribution < -0.4 is 10.6 Å². The van der Waals surface area contributed by atoms with Crippen LogP contribution in [-0.2, 0) is 4.79 Å². The van der Waals surface area contributed by atoms with Gasteiger partial charge < -0.3 is 10.6 Å². The van der Waals surface area contributed by atoms with Crippen LogP contribution in [0.1, 0.15) is 35.7 Å². The van der Waals surface area contributed by atoms with Gasteiger partial charge in [0.1, 0.15) is 0 Å². The second kappa shape index (κ2) is 9.36. The Morgan fingerprint density at radius 2 is 1.33 bits per heavy atom. The summed E-state index contributed by atoms with van der Waals surface area (Å²) in [6.45, 7) is 2.27. The van der Waals surface area contributed by atoms with Gasteiger partial charge in [0.05, 0.1) is 12.6 Å². The van der Waals surface area contributed by atoms with Crippen LogP contribution in [0.25, 0.3) is 0 Å². The lowest BCUT2D eigenvalue weighted by Crippen LogP contribution is -2.37. The number of carbonyl (C=O) groups excluding carboxylic acids is 1. The second-order valence-electron chi connectivity index (χ2n) is 6.48. The van der Waals surface area contributed by atoms with Crippen molar-refractivity contribution in [2.75, 3.05) is 6.54 Å². The highest BCUT2D eigenvalue weighted by Crippen LogP contribution is 2.21. The van der Waals surface area contributed by atoms with E-state index in [9.17, 15) is 4.79 Å². The molecule has 0 fully saturated rings. The van der Waals surface area contributed by atoms with Crippen molar-refractivity contribution in [2.24, 2.45) is 0 Å². The van der Waals surface area contributed by atoms with E-state index >= 15 is 0 Å². The topological polar surface area (TPSA) is 41.1 Å². The molecule has 0 aliphatic carbocycles. The molecule has 0 saturated carbocycles. The molecular weight excluding hydrogens is 356 g/mol. The lowest BCUT2D eigenvalue weighted by atomic mass is 9.99. The van der Waals surface area contributed by atoms with Crippen molar-refractivity contribution in [3.05, 3.63) is 107 Å². The molecule has 0 aliphatic heterocycles. The van der Waals surface area contributed by atoms with Crippen LogP contribution in [0, 0.1) is 0 Å². The Bertz CT molecular complexity index is 811. The summed E-state index contributed by atoms with van der Waals surface area (Å²) >= 11 is 5.93. The summed E-state index contributed by atoms with van der Waals surface area (Å²) in [6.07, 6.45) is 0. The van der Waals surface area contributed by atoms with Crippen molar-refractivity contribution in [1.82, 2.24) is 10.6 Å². The Morgan fingerprint density at radius 1 is 0.815 bits per heavy atom. The minimum atomic E-state index is -0.174. The minimum absolute atomic E-state index is 0.0477. The summed E-state index contributed by atoms with van der Waals surface area (Å²) in [4.78, 5) is 12.6. The predicted molar refractivity (Wildman–Crippen MR) is 111 cm³/mol. The first kappa shape index (κ1) is 19.2. The Morgan fingerprint density at radius 3 is 1.85 bits per heavy atom. The number of hydrogen-bond donors (Lipinski definition) is 2. The molecule has 2 N–H and O–H groups in total. The molecule has 0 aliphatic rings. The monoisotopic (exact) mass is 378 g/mol. The molecule has 0 saturated heterocycles. The van der Waals surface area contributed by atoms with Gasteiger partial charge in [-0.1, -0.05) is 84.4 Å². The predicted octanol–water partition coefficient (Wildman–Crippen LogP) is 4.90. The van der Waals surface area contributed by atoms with Crippen LogP contribution in [0.15, 0.2) is 84.9 Å². The summed E-state index contributed by atoms with van der Waals surface area (Å²) in [5.41, 5.74) is 3.21. The average Bonchev–Trinajstić information content (AvgIpc) is 2.72. The number of amides is 1. The van der Waals surface area contributed by atoms with Crippen LogP contribution in [0.3, 0.4) is 0 Å². The first-order valence-electron chi connectivity index (χ1n) is 9.01. The summed E-state index contributed by atoms with van der Waals surface area (Å²) < 4.78 is 0. The number of nitrogens with one attached hydrogen (secondary N) is 2.